The largest absolute Gasteiger partial charge is 0.460 e. The third-order valence-corrected chi connectivity index (χ3v) is 6.54. The summed E-state index contributed by atoms with van der Waals surface area (Å²) in [6.45, 7) is 4.55. The number of nitrogens with two attached hydrogens (primary N) is 2. The Morgan fingerprint density at radius 3 is 2.30 bits per heavy atom. The van der Waals surface area contributed by atoms with E-state index in [0.717, 1.165) is 16.7 Å². The number of nitrogens with zero attached hydrogens (tertiary/aromatic N) is 2. The molecule has 0 aliphatic carbocycles. The van der Waals surface area contributed by atoms with Gasteiger partial charge in [-0.3, -0.25) is 9.59 Å². The van der Waals surface area contributed by atoms with E-state index in [1.165, 1.54) is 12.1 Å². The average molecular weight is 538 g/mol. The lowest BCUT2D eigenvalue weighted by molar-refractivity contribution is 0.0948. The smallest absolute Gasteiger partial charge is 0.252 e. The van der Waals surface area contributed by atoms with Crippen molar-refractivity contribution in [1.82, 2.24) is 15.3 Å². The second kappa shape index (κ2) is 11.0. The van der Waals surface area contributed by atoms with Gasteiger partial charge < -0.3 is 21.2 Å². The molecular formula is C31H28FN5O3. The van der Waals surface area contributed by atoms with E-state index in [0.29, 0.717) is 40.0 Å². The molecule has 0 fully saturated rings. The summed E-state index contributed by atoms with van der Waals surface area (Å²) in [5, 5.41) is 3.54. The highest BCUT2D eigenvalue weighted by atomic mass is 19.1. The number of fused-ring (bicyclic) bond motifs is 1. The summed E-state index contributed by atoms with van der Waals surface area (Å²) < 4.78 is 19.4. The zero-order valence-electron chi connectivity index (χ0n) is 22.1. The highest BCUT2D eigenvalue weighted by Crippen LogP contribution is 2.34. The van der Waals surface area contributed by atoms with Crippen molar-refractivity contribution < 1.29 is 18.4 Å². The van der Waals surface area contributed by atoms with E-state index in [-0.39, 0.29) is 35.6 Å². The van der Waals surface area contributed by atoms with Crippen LogP contribution < -0.4 is 16.8 Å². The number of hydrogen-bond donors (Lipinski definition) is 3. The van der Waals surface area contributed by atoms with E-state index in [1.807, 2.05) is 38.1 Å². The molecule has 0 aliphatic heterocycles. The SMILES string of the molecule is CC(C)CNC(=O)c1cc(-c2ccc3oc(Cc4ccc(F)cc4)c(C(N)=O)c3c2)ccc1-c1cnc(N)nc1. The first-order chi connectivity index (χ1) is 19.2. The molecule has 5 N–H and O–H groups in total. The topological polar surface area (TPSA) is 137 Å². The van der Waals surface area contributed by atoms with Crippen LogP contribution in [0.2, 0.25) is 0 Å². The van der Waals surface area contributed by atoms with Gasteiger partial charge in [0.05, 0.1) is 5.56 Å². The molecule has 5 rings (SSSR count). The van der Waals surface area contributed by atoms with Gasteiger partial charge in [0, 0.05) is 41.9 Å². The number of benzene rings is 3. The minimum atomic E-state index is -0.625. The summed E-state index contributed by atoms with van der Waals surface area (Å²) in [5.41, 5.74) is 16.3. The van der Waals surface area contributed by atoms with Crippen molar-refractivity contribution in [3.63, 3.8) is 0 Å². The van der Waals surface area contributed by atoms with E-state index in [9.17, 15) is 14.0 Å². The molecule has 0 unspecified atom stereocenters. The number of carbonyl (C=O) groups excluding carboxylic acids is 2. The van der Waals surface area contributed by atoms with E-state index in [2.05, 4.69) is 15.3 Å². The second-order valence-corrected chi connectivity index (χ2v) is 9.97. The van der Waals surface area contributed by atoms with E-state index in [4.69, 9.17) is 15.9 Å². The van der Waals surface area contributed by atoms with Crippen molar-refractivity contribution in [2.75, 3.05) is 12.3 Å². The molecule has 2 heterocycles. The van der Waals surface area contributed by atoms with Crippen LogP contribution in [-0.4, -0.2) is 28.3 Å². The van der Waals surface area contributed by atoms with Gasteiger partial charge >= 0.3 is 0 Å². The molecule has 2 aromatic heterocycles. The van der Waals surface area contributed by atoms with Gasteiger partial charge in [-0.25, -0.2) is 14.4 Å². The molecule has 0 aliphatic rings. The number of furan rings is 1. The molecule has 0 saturated carbocycles. The Kier molecular flexibility index (Phi) is 7.29. The molecule has 5 aromatic rings. The van der Waals surface area contributed by atoms with Crippen LogP contribution >= 0.6 is 0 Å². The van der Waals surface area contributed by atoms with Crippen molar-refractivity contribution >= 4 is 28.7 Å². The van der Waals surface area contributed by atoms with Gasteiger partial charge in [-0.2, -0.15) is 0 Å². The van der Waals surface area contributed by atoms with Gasteiger partial charge in [0.2, 0.25) is 5.95 Å². The highest BCUT2D eigenvalue weighted by molar-refractivity contribution is 6.08. The summed E-state index contributed by atoms with van der Waals surface area (Å²) >= 11 is 0. The van der Waals surface area contributed by atoms with Gasteiger partial charge in [0.15, 0.2) is 0 Å². The minimum absolute atomic E-state index is 0.142. The normalized spacial score (nSPS) is 11.2. The fourth-order valence-electron chi connectivity index (χ4n) is 4.54. The fourth-order valence-corrected chi connectivity index (χ4v) is 4.54. The molecule has 8 nitrogen and oxygen atoms in total. The lowest BCUT2D eigenvalue weighted by Gasteiger charge is -2.14. The summed E-state index contributed by atoms with van der Waals surface area (Å²) in [6.07, 6.45) is 3.44. The number of hydrogen-bond acceptors (Lipinski definition) is 6. The van der Waals surface area contributed by atoms with Crippen LogP contribution in [0.1, 0.15) is 45.9 Å². The van der Waals surface area contributed by atoms with Crippen molar-refractivity contribution in [2.24, 2.45) is 11.7 Å². The Labute approximate surface area is 230 Å². The first-order valence-electron chi connectivity index (χ1n) is 12.8. The van der Waals surface area contributed by atoms with Gasteiger partial charge in [-0.05, 0) is 58.5 Å². The summed E-state index contributed by atoms with van der Waals surface area (Å²) in [5.74, 6) is -0.385. The van der Waals surface area contributed by atoms with E-state index >= 15 is 0 Å². The van der Waals surface area contributed by atoms with Gasteiger partial charge in [0.25, 0.3) is 11.8 Å². The van der Waals surface area contributed by atoms with Crippen LogP contribution in [0, 0.1) is 11.7 Å². The lowest BCUT2D eigenvalue weighted by Crippen LogP contribution is -2.27. The van der Waals surface area contributed by atoms with Crippen molar-refractivity contribution in [3.8, 4) is 22.3 Å². The zero-order chi connectivity index (χ0) is 28.4. The number of nitrogen functional groups attached to an aromatic ring is 1. The molecule has 0 radical (unpaired) electrons. The molecule has 9 heteroatoms. The number of rotatable bonds is 8. The Balaban J connectivity index is 1.58. The molecule has 202 valence electrons. The molecule has 2 amide bonds. The lowest BCUT2D eigenvalue weighted by atomic mass is 9.94. The van der Waals surface area contributed by atoms with Gasteiger partial charge in [-0.1, -0.05) is 44.2 Å². The Morgan fingerprint density at radius 2 is 1.62 bits per heavy atom. The van der Waals surface area contributed by atoms with Gasteiger partial charge in [-0.15, -0.1) is 0 Å². The number of nitrogens with one attached hydrogen (secondary N) is 1. The molecular weight excluding hydrogens is 509 g/mol. The van der Waals surface area contributed by atoms with Crippen molar-refractivity contribution in [2.45, 2.75) is 20.3 Å². The minimum Gasteiger partial charge on any atom is -0.460 e. The number of primary amides is 1. The predicted octanol–water partition coefficient (Wildman–Crippen LogP) is 5.35. The van der Waals surface area contributed by atoms with Crippen LogP contribution in [0.5, 0.6) is 0 Å². The van der Waals surface area contributed by atoms with Crippen LogP contribution in [0.15, 0.2) is 77.5 Å². The average Bonchev–Trinajstić information content (AvgIpc) is 3.30. The third-order valence-electron chi connectivity index (χ3n) is 6.54. The quantitative estimate of drug-likeness (QED) is 0.244. The number of anilines is 1. The Hall–Kier alpha value is -5.05. The monoisotopic (exact) mass is 537 g/mol. The van der Waals surface area contributed by atoms with E-state index < -0.39 is 5.91 Å². The number of carbonyl (C=O) groups is 2. The Bertz CT molecular complexity index is 1710. The molecule has 0 atom stereocenters. The van der Waals surface area contributed by atoms with Crippen LogP contribution in [0.25, 0.3) is 33.2 Å². The van der Waals surface area contributed by atoms with Crippen LogP contribution in [0.4, 0.5) is 10.3 Å². The maximum atomic E-state index is 13.4. The standard InChI is InChI=1S/C31H28FN5O3/c1-17(2)14-35-30(39)24-12-19(5-9-23(24)21-15-36-31(34)37-16-21)20-6-10-26-25(13-20)28(29(33)38)27(40-26)11-18-3-7-22(32)8-4-18/h3-10,12-13,15-17H,11,14H2,1-2H3,(H2,33,38)(H,35,39)(H2,34,36,37). The van der Waals surface area contributed by atoms with Crippen molar-refractivity contribution in [3.05, 3.63) is 101 Å². The molecule has 0 spiro atoms. The molecule has 40 heavy (non-hydrogen) atoms. The molecule has 0 saturated heterocycles. The van der Waals surface area contributed by atoms with Crippen molar-refractivity contribution in [1.29, 1.82) is 0 Å². The number of aromatic nitrogens is 2. The van der Waals surface area contributed by atoms with Crippen LogP contribution in [-0.2, 0) is 6.42 Å². The first kappa shape index (κ1) is 26.6. The molecule has 0 bridgehead atoms. The summed E-state index contributed by atoms with van der Waals surface area (Å²) in [4.78, 5) is 33.9. The second-order valence-electron chi connectivity index (χ2n) is 9.97. The Morgan fingerprint density at radius 1 is 0.950 bits per heavy atom. The third kappa shape index (κ3) is 5.54. The van der Waals surface area contributed by atoms with Crippen LogP contribution in [0.3, 0.4) is 0 Å². The summed E-state index contributed by atoms with van der Waals surface area (Å²) in [7, 11) is 0. The number of halogens is 1. The maximum absolute atomic E-state index is 13.4. The zero-order valence-corrected chi connectivity index (χ0v) is 22.1. The van der Waals surface area contributed by atoms with E-state index in [1.54, 1.807) is 36.7 Å². The van der Waals surface area contributed by atoms with Gasteiger partial charge in [0.1, 0.15) is 17.2 Å². The highest BCUT2D eigenvalue weighted by Gasteiger charge is 2.21. The predicted molar refractivity (Wildman–Crippen MR) is 152 cm³/mol. The summed E-state index contributed by atoms with van der Waals surface area (Å²) in [6, 6.07) is 17.0. The first-order valence-corrected chi connectivity index (χ1v) is 12.8. The maximum Gasteiger partial charge on any atom is 0.252 e. The number of amides is 2. The fraction of sp³-hybridized carbons (Fsp3) is 0.161. The molecule has 3 aromatic carbocycles.